The van der Waals surface area contributed by atoms with E-state index in [1.165, 1.54) is 116 Å². The summed E-state index contributed by atoms with van der Waals surface area (Å²) in [5, 5.41) is 0. The fraction of sp³-hybridized carbons (Fsp3) is 0.649. The van der Waals surface area contributed by atoms with E-state index in [9.17, 15) is 14.4 Å². The lowest BCUT2D eigenvalue weighted by molar-refractivity contribution is -0.167. The smallest absolute Gasteiger partial charge is 0.306 e. The fourth-order valence-corrected chi connectivity index (χ4v) is 9.17. The molecule has 0 saturated carbocycles. The first-order valence-corrected chi connectivity index (χ1v) is 34.3. The average molecular weight is 1150 g/mol. The Morgan fingerprint density at radius 3 is 0.735 bits per heavy atom. The molecule has 83 heavy (non-hydrogen) atoms. The number of esters is 3. The molecule has 0 heterocycles. The summed E-state index contributed by atoms with van der Waals surface area (Å²) in [6, 6.07) is 0. The number of hydrogen-bond donors (Lipinski definition) is 0. The zero-order valence-electron chi connectivity index (χ0n) is 53.9. The van der Waals surface area contributed by atoms with Crippen LogP contribution in [0, 0.1) is 0 Å². The number of carbonyl (C=O) groups is 3. The van der Waals surface area contributed by atoms with Crippen LogP contribution >= 0.6 is 0 Å². The molecule has 0 amide bonds. The molecule has 0 N–H and O–H groups in total. The first kappa shape index (κ1) is 78.3. The topological polar surface area (TPSA) is 78.9 Å². The molecule has 6 heteroatoms. The zero-order valence-corrected chi connectivity index (χ0v) is 53.9. The highest BCUT2D eigenvalue weighted by Gasteiger charge is 2.19. The van der Waals surface area contributed by atoms with Crippen LogP contribution in [0.1, 0.15) is 303 Å². The lowest BCUT2D eigenvalue weighted by atomic mass is 10.1. The Balaban J connectivity index is 4.42. The summed E-state index contributed by atoms with van der Waals surface area (Å²) in [5.74, 6) is -0.922. The van der Waals surface area contributed by atoms with Gasteiger partial charge < -0.3 is 14.2 Å². The van der Waals surface area contributed by atoms with Gasteiger partial charge in [-0.15, -0.1) is 0 Å². The molecule has 470 valence electrons. The number of unbranched alkanes of at least 4 members (excludes halogenated alkanes) is 26. The molecule has 0 aromatic heterocycles. The molecule has 6 nitrogen and oxygen atoms in total. The Morgan fingerprint density at radius 2 is 0.470 bits per heavy atom. The van der Waals surface area contributed by atoms with Crippen LogP contribution < -0.4 is 0 Å². The molecule has 0 saturated heterocycles. The molecular formula is C77H126O6. The van der Waals surface area contributed by atoms with Crippen molar-refractivity contribution in [2.75, 3.05) is 13.2 Å². The zero-order chi connectivity index (χ0) is 59.9. The fourth-order valence-electron chi connectivity index (χ4n) is 9.17. The van der Waals surface area contributed by atoms with E-state index in [0.29, 0.717) is 19.3 Å². The highest BCUT2D eigenvalue weighted by Crippen LogP contribution is 2.15. The maximum Gasteiger partial charge on any atom is 0.306 e. The van der Waals surface area contributed by atoms with E-state index in [0.717, 1.165) is 148 Å². The molecule has 0 rings (SSSR count). The lowest BCUT2D eigenvalue weighted by Crippen LogP contribution is -2.30. The first-order valence-electron chi connectivity index (χ1n) is 34.3. The summed E-state index contributed by atoms with van der Waals surface area (Å²) in [7, 11) is 0. The van der Waals surface area contributed by atoms with Crippen molar-refractivity contribution in [3.8, 4) is 0 Å². The standard InChI is InChI=1S/C77H126O6/c1-4-7-10-13-16-19-22-25-28-31-33-34-35-36-37-38-39-40-41-42-44-46-49-52-55-58-61-64-67-70-76(79)82-73-74(72-81-75(78)69-66-63-60-57-54-51-48-45-30-27-24-21-18-15-12-9-6-3)83-77(80)71-68-65-62-59-56-53-50-47-43-32-29-26-23-20-17-14-11-8-5-2/h7,10,16-21,25-30,33-34,36-37,39-40,42-44,47,74H,4-6,8-9,11-15,22-24,31-32,35,38,41,45-46,48-73H2,1-3H3/b10-7-,19-16-,20-17-,21-18-,28-25-,29-26-,30-27-,34-33-,37-36-,40-39-,44-42-,47-43-. The predicted octanol–water partition coefficient (Wildman–Crippen LogP) is 23.9. The van der Waals surface area contributed by atoms with Gasteiger partial charge in [0.1, 0.15) is 13.2 Å². The predicted molar refractivity (Wildman–Crippen MR) is 362 cm³/mol. The maximum atomic E-state index is 12.9. The molecule has 1 atom stereocenters. The van der Waals surface area contributed by atoms with Crippen LogP contribution in [0.15, 0.2) is 146 Å². The van der Waals surface area contributed by atoms with Crippen LogP contribution in [0.5, 0.6) is 0 Å². The van der Waals surface area contributed by atoms with E-state index in [4.69, 9.17) is 14.2 Å². The summed E-state index contributed by atoms with van der Waals surface area (Å²) < 4.78 is 17.0. The van der Waals surface area contributed by atoms with Crippen molar-refractivity contribution < 1.29 is 28.6 Å². The number of hydrogen-bond acceptors (Lipinski definition) is 6. The van der Waals surface area contributed by atoms with Gasteiger partial charge in [0.05, 0.1) is 0 Å². The average Bonchev–Trinajstić information content (AvgIpc) is 3.49. The van der Waals surface area contributed by atoms with E-state index >= 15 is 0 Å². The number of rotatable bonds is 61. The second-order valence-electron chi connectivity index (χ2n) is 22.3. The Kier molecular flexibility index (Phi) is 65.8. The van der Waals surface area contributed by atoms with Crippen LogP contribution in [0.4, 0.5) is 0 Å². The number of ether oxygens (including phenoxy) is 3. The molecule has 0 aliphatic carbocycles. The van der Waals surface area contributed by atoms with Crippen LogP contribution in [0.3, 0.4) is 0 Å². The molecule has 0 aromatic rings. The maximum absolute atomic E-state index is 12.9. The van der Waals surface area contributed by atoms with Gasteiger partial charge in [-0.05, 0) is 148 Å². The molecule has 0 aliphatic rings. The molecular weight excluding hydrogens is 1020 g/mol. The Hall–Kier alpha value is -4.71. The van der Waals surface area contributed by atoms with Gasteiger partial charge in [0.2, 0.25) is 0 Å². The van der Waals surface area contributed by atoms with Crippen molar-refractivity contribution in [3.63, 3.8) is 0 Å². The lowest BCUT2D eigenvalue weighted by Gasteiger charge is -2.18. The second-order valence-corrected chi connectivity index (χ2v) is 22.3. The van der Waals surface area contributed by atoms with Crippen molar-refractivity contribution in [2.24, 2.45) is 0 Å². The van der Waals surface area contributed by atoms with Gasteiger partial charge in [-0.25, -0.2) is 0 Å². The van der Waals surface area contributed by atoms with Crippen LogP contribution in [0.25, 0.3) is 0 Å². The second kappa shape index (κ2) is 69.8. The third-order valence-corrected chi connectivity index (χ3v) is 14.3. The van der Waals surface area contributed by atoms with Crippen molar-refractivity contribution in [2.45, 2.75) is 309 Å². The molecule has 1 unspecified atom stereocenters. The minimum absolute atomic E-state index is 0.0952. The largest absolute Gasteiger partial charge is 0.462 e. The van der Waals surface area contributed by atoms with Crippen LogP contribution in [0.2, 0.25) is 0 Å². The van der Waals surface area contributed by atoms with Gasteiger partial charge in [0.15, 0.2) is 6.10 Å². The monoisotopic (exact) mass is 1150 g/mol. The van der Waals surface area contributed by atoms with E-state index in [1.54, 1.807) is 0 Å². The van der Waals surface area contributed by atoms with Crippen LogP contribution in [-0.4, -0.2) is 37.2 Å². The normalized spacial score (nSPS) is 13.0. The third-order valence-electron chi connectivity index (χ3n) is 14.3. The summed E-state index contributed by atoms with van der Waals surface area (Å²) >= 11 is 0. The van der Waals surface area contributed by atoms with Gasteiger partial charge in [-0.2, -0.15) is 0 Å². The Labute approximate surface area is 512 Å². The van der Waals surface area contributed by atoms with Crippen molar-refractivity contribution in [3.05, 3.63) is 146 Å². The van der Waals surface area contributed by atoms with E-state index in [1.807, 2.05) is 0 Å². The molecule has 0 aliphatic heterocycles. The third kappa shape index (κ3) is 68.0. The molecule has 0 spiro atoms. The SMILES string of the molecule is CC/C=C\C/C=C\C/C=C\C/C=C\C/C=C\C/C=C\C/C=C\CCCCCCCCCC(=O)OCC(COC(=O)CCCCCCCCC/C=C\C/C=C\CCCCC)OC(=O)CCCCCCCC/C=C\C/C=C\C/C=C\CCCCC. The first-order chi connectivity index (χ1) is 41.0. The highest BCUT2D eigenvalue weighted by atomic mass is 16.6. The van der Waals surface area contributed by atoms with Crippen molar-refractivity contribution >= 4 is 17.9 Å². The molecule has 0 bridgehead atoms. The Morgan fingerprint density at radius 1 is 0.253 bits per heavy atom. The summed E-state index contributed by atoms with van der Waals surface area (Å²) in [6.45, 7) is 6.46. The van der Waals surface area contributed by atoms with Gasteiger partial charge in [-0.3, -0.25) is 14.4 Å². The number of carbonyl (C=O) groups excluding carboxylic acids is 3. The van der Waals surface area contributed by atoms with Gasteiger partial charge in [0.25, 0.3) is 0 Å². The van der Waals surface area contributed by atoms with E-state index in [-0.39, 0.29) is 31.1 Å². The minimum atomic E-state index is -0.801. The minimum Gasteiger partial charge on any atom is -0.462 e. The van der Waals surface area contributed by atoms with Gasteiger partial charge in [-0.1, -0.05) is 282 Å². The number of allylic oxidation sites excluding steroid dienone is 24. The summed E-state index contributed by atoms with van der Waals surface area (Å²) in [5.41, 5.74) is 0. The molecule has 0 radical (unpaired) electrons. The van der Waals surface area contributed by atoms with E-state index < -0.39 is 6.10 Å². The summed E-state index contributed by atoms with van der Waals surface area (Å²) in [6.07, 6.45) is 99.9. The van der Waals surface area contributed by atoms with Crippen LogP contribution in [-0.2, 0) is 28.6 Å². The molecule has 0 fully saturated rings. The quantitative estimate of drug-likeness (QED) is 0.0261. The van der Waals surface area contributed by atoms with Crippen molar-refractivity contribution in [1.29, 1.82) is 0 Å². The molecule has 0 aromatic carbocycles. The van der Waals surface area contributed by atoms with Gasteiger partial charge >= 0.3 is 17.9 Å². The van der Waals surface area contributed by atoms with E-state index in [2.05, 4.69) is 167 Å². The highest BCUT2D eigenvalue weighted by molar-refractivity contribution is 5.71. The summed E-state index contributed by atoms with van der Waals surface area (Å²) in [4.78, 5) is 38.4. The Bertz CT molecular complexity index is 1800. The van der Waals surface area contributed by atoms with Gasteiger partial charge in [0, 0.05) is 19.3 Å². The van der Waals surface area contributed by atoms with Crippen molar-refractivity contribution in [1.82, 2.24) is 0 Å².